The number of rotatable bonds is 4. The van der Waals surface area contributed by atoms with Gasteiger partial charge in [-0.3, -0.25) is 4.79 Å². The Morgan fingerprint density at radius 1 is 1.18 bits per heavy atom. The van der Waals surface area contributed by atoms with Gasteiger partial charge in [0.2, 0.25) is 0 Å². The average Bonchev–Trinajstić information content (AvgIpc) is 3.28. The van der Waals surface area contributed by atoms with E-state index in [0.29, 0.717) is 11.4 Å². The lowest BCUT2D eigenvalue weighted by Crippen LogP contribution is -2.19. The van der Waals surface area contributed by atoms with Crippen molar-refractivity contribution in [3.8, 4) is 17.1 Å². The van der Waals surface area contributed by atoms with E-state index in [9.17, 15) is 4.79 Å². The van der Waals surface area contributed by atoms with Crippen molar-refractivity contribution in [2.75, 3.05) is 5.75 Å². The molecule has 0 bridgehead atoms. The molecule has 0 saturated heterocycles. The Kier molecular flexibility index (Phi) is 4.68. The van der Waals surface area contributed by atoms with Gasteiger partial charge in [0.05, 0.1) is 5.69 Å². The summed E-state index contributed by atoms with van der Waals surface area (Å²) in [6, 6.07) is 9.53. The average molecular weight is 435 g/mol. The van der Waals surface area contributed by atoms with E-state index in [-0.39, 0.29) is 11.5 Å². The highest BCUT2D eigenvalue weighted by Crippen LogP contribution is 2.54. The molecule has 1 unspecified atom stereocenters. The maximum absolute atomic E-state index is 13.2. The van der Waals surface area contributed by atoms with Crippen molar-refractivity contribution in [2.45, 2.75) is 48.1 Å². The Morgan fingerprint density at radius 2 is 1.96 bits per heavy atom. The van der Waals surface area contributed by atoms with Crippen molar-refractivity contribution in [3.05, 3.63) is 46.4 Å². The molecule has 5 rings (SSSR count). The predicted octanol–water partition coefficient (Wildman–Crippen LogP) is 4.55. The lowest BCUT2D eigenvalue weighted by atomic mass is 10.1. The van der Waals surface area contributed by atoms with E-state index in [2.05, 4.69) is 9.67 Å². The lowest BCUT2D eigenvalue weighted by molar-refractivity contribution is 0.571. The van der Waals surface area contributed by atoms with E-state index >= 15 is 0 Å². The molecule has 5 nitrogen and oxygen atoms in total. The second-order valence-corrected chi connectivity index (χ2v) is 10.1. The van der Waals surface area contributed by atoms with Gasteiger partial charge < -0.3 is 4.57 Å². The molecule has 0 aromatic heterocycles. The summed E-state index contributed by atoms with van der Waals surface area (Å²) >= 11 is 14.1. The zero-order valence-electron chi connectivity index (χ0n) is 15.3. The number of para-hydroxylation sites is 1. The van der Waals surface area contributed by atoms with E-state index in [1.54, 1.807) is 11.8 Å². The van der Waals surface area contributed by atoms with Gasteiger partial charge in [-0.05, 0) is 37.8 Å². The van der Waals surface area contributed by atoms with Gasteiger partial charge in [-0.25, -0.2) is 4.98 Å². The highest BCUT2D eigenvalue weighted by atomic mass is 35.5. The van der Waals surface area contributed by atoms with Gasteiger partial charge in [-0.1, -0.05) is 36.4 Å². The van der Waals surface area contributed by atoms with Crippen molar-refractivity contribution >= 4 is 35.0 Å². The van der Waals surface area contributed by atoms with E-state index in [1.165, 1.54) is 4.68 Å². The number of benzene rings is 1. The molecule has 1 fully saturated rings. The summed E-state index contributed by atoms with van der Waals surface area (Å²) in [4.78, 5) is 18.0. The van der Waals surface area contributed by atoms with Crippen molar-refractivity contribution < 1.29 is 0 Å². The molecule has 3 heterocycles. The number of nitrogens with zero attached hydrogens (tertiary/aromatic N) is 4. The Hall–Kier alpha value is -1.50. The van der Waals surface area contributed by atoms with Gasteiger partial charge in [-0.15, -0.1) is 28.3 Å². The van der Waals surface area contributed by atoms with Gasteiger partial charge in [0.25, 0.3) is 5.56 Å². The van der Waals surface area contributed by atoms with Crippen LogP contribution in [0.25, 0.3) is 17.1 Å². The van der Waals surface area contributed by atoms with E-state index in [4.69, 9.17) is 28.2 Å². The van der Waals surface area contributed by atoms with Crippen LogP contribution in [0.3, 0.4) is 0 Å². The maximum Gasteiger partial charge on any atom is 0.284 e. The molecule has 4 aliphatic rings. The first-order valence-electron chi connectivity index (χ1n) is 9.63. The molecule has 0 N–H and O–H groups in total. The molecule has 0 amide bonds. The quantitative estimate of drug-likeness (QED) is 0.343. The third-order valence-corrected chi connectivity index (χ3v) is 7.60. The first-order chi connectivity index (χ1) is 13.5. The van der Waals surface area contributed by atoms with Gasteiger partial charge in [0.1, 0.15) is 9.90 Å². The maximum atomic E-state index is 13.2. The smallest absolute Gasteiger partial charge is 0.284 e. The highest BCUT2D eigenvalue weighted by Gasteiger charge is 2.51. The molecule has 0 radical (unpaired) electrons. The molecular weight excluding hydrogens is 415 g/mol. The van der Waals surface area contributed by atoms with Crippen LogP contribution in [0.4, 0.5) is 0 Å². The highest BCUT2D eigenvalue weighted by molar-refractivity contribution is 7.99. The fourth-order valence-electron chi connectivity index (χ4n) is 3.83. The fraction of sp³-hybridized carbons (Fsp3) is 0.450. The van der Waals surface area contributed by atoms with Crippen LogP contribution in [0.15, 0.2) is 40.3 Å². The number of fused-ring (bicyclic) bond motifs is 3. The lowest BCUT2D eigenvalue weighted by Gasteiger charge is -2.17. The minimum Gasteiger partial charge on any atom is -0.324 e. The molecule has 146 valence electrons. The zero-order valence-corrected chi connectivity index (χ0v) is 17.6. The molecule has 3 aliphatic heterocycles. The number of halogens is 2. The van der Waals surface area contributed by atoms with Gasteiger partial charge in [0, 0.05) is 23.9 Å². The van der Waals surface area contributed by atoms with Crippen LogP contribution in [-0.4, -0.2) is 29.4 Å². The first kappa shape index (κ1) is 18.5. The van der Waals surface area contributed by atoms with Crippen molar-refractivity contribution in [1.82, 2.24) is 19.3 Å². The molecule has 1 aromatic rings. The monoisotopic (exact) mass is 434 g/mol. The minimum atomic E-state index is -0.588. The van der Waals surface area contributed by atoms with Crippen LogP contribution in [0.1, 0.15) is 31.4 Å². The SMILES string of the molecule is O=c1c2c3n(c(SCC4CC4(Cl)Cl)nc-2nn1-c1ccccc1)CCCCC3. The largest absolute Gasteiger partial charge is 0.324 e. The molecule has 1 saturated carbocycles. The molecule has 1 atom stereocenters. The van der Waals surface area contributed by atoms with E-state index in [0.717, 1.165) is 60.9 Å². The summed E-state index contributed by atoms with van der Waals surface area (Å²) in [6.45, 7) is 0.883. The zero-order chi connectivity index (χ0) is 19.3. The number of hydrogen-bond acceptors (Lipinski definition) is 4. The fourth-order valence-corrected chi connectivity index (χ4v) is 5.80. The third-order valence-electron chi connectivity index (χ3n) is 5.54. The van der Waals surface area contributed by atoms with Crippen LogP contribution in [-0.2, 0) is 13.0 Å². The topological polar surface area (TPSA) is 52.7 Å². The molecule has 0 spiro atoms. The van der Waals surface area contributed by atoms with Gasteiger partial charge in [-0.2, -0.15) is 4.68 Å². The summed E-state index contributed by atoms with van der Waals surface area (Å²) in [5.41, 5.74) is 2.40. The summed E-state index contributed by atoms with van der Waals surface area (Å²) in [7, 11) is 0. The van der Waals surface area contributed by atoms with E-state index in [1.807, 2.05) is 30.3 Å². The van der Waals surface area contributed by atoms with Crippen molar-refractivity contribution in [1.29, 1.82) is 0 Å². The second-order valence-electron chi connectivity index (χ2n) is 7.53. The molecular formula is C20H20Cl2N4OS. The normalized spacial score (nSPS) is 20.7. The molecule has 1 aliphatic carbocycles. The van der Waals surface area contributed by atoms with Crippen LogP contribution < -0.4 is 5.56 Å². The minimum absolute atomic E-state index is 0.0846. The number of hydrogen-bond donors (Lipinski definition) is 0. The van der Waals surface area contributed by atoms with Crippen LogP contribution >= 0.6 is 35.0 Å². The van der Waals surface area contributed by atoms with Gasteiger partial charge >= 0.3 is 0 Å². The Morgan fingerprint density at radius 3 is 2.71 bits per heavy atom. The first-order valence-corrected chi connectivity index (χ1v) is 11.4. The van der Waals surface area contributed by atoms with Gasteiger partial charge in [0.15, 0.2) is 11.0 Å². The summed E-state index contributed by atoms with van der Waals surface area (Å²) < 4.78 is 3.11. The molecule has 8 heteroatoms. The van der Waals surface area contributed by atoms with Crippen molar-refractivity contribution in [2.24, 2.45) is 5.92 Å². The predicted molar refractivity (Wildman–Crippen MR) is 113 cm³/mol. The summed E-state index contributed by atoms with van der Waals surface area (Å²) in [5, 5.41) is 5.48. The molecule has 1 aromatic carbocycles. The number of thioether (sulfide) groups is 1. The summed E-state index contributed by atoms with van der Waals surface area (Å²) in [5.74, 6) is 1.65. The molecule has 28 heavy (non-hydrogen) atoms. The Balaban J connectivity index is 1.61. The Bertz CT molecular complexity index is 1050. The summed E-state index contributed by atoms with van der Waals surface area (Å²) in [6.07, 6.45) is 5.03. The van der Waals surface area contributed by atoms with E-state index < -0.39 is 4.33 Å². The standard InChI is InChI=1S/C20H20Cl2N4OS/c21-20(22)11-13(20)12-28-19-23-17-16(15-9-5-2-6-10-25(15)19)18(27)26(24-17)14-7-3-1-4-8-14/h1,3-4,7-8,13H,2,5-6,9-12H2. The van der Waals surface area contributed by atoms with Crippen LogP contribution in [0.2, 0.25) is 0 Å². The third kappa shape index (κ3) is 3.25. The van der Waals surface area contributed by atoms with Crippen molar-refractivity contribution in [3.63, 3.8) is 0 Å². The number of alkyl halides is 2. The Labute approximate surface area is 177 Å². The second kappa shape index (κ2) is 7.08. The van der Waals surface area contributed by atoms with Crippen LogP contribution in [0.5, 0.6) is 0 Å². The van der Waals surface area contributed by atoms with Crippen LogP contribution in [0, 0.1) is 5.92 Å². The number of aromatic nitrogens is 4.